The van der Waals surface area contributed by atoms with E-state index in [1.165, 1.54) is 38.5 Å². The number of nitrogens with zero attached hydrogens (tertiary/aromatic N) is 3. The minimum atomic E-state index is -1.18. The van der Waals surface area contributed by atoms with Crippen LogP contribution in [0.5, 0.6) is 23.1 Å². The zero-order chi connectivity index (χ0) is 27.4. The van der Waals surface area contributed by atoms with Crippen LogP contribution in [0.3, 0.4) is 0 Å². The van der Waals surface area contributed by atoms with Crippen LogP contribution in [0.15, 0.2) is 35.1 Å². The second-order valence-electron chi connectivity index (χ2n) is 7.72. The third-order valence-electron chi connectivity index (χ3n) is 5.32. The van der Waals surface area contributed by atoms with Crippen LogP contribution >= 0.6 is 11.6 Å². The minimum Gasteiger partial charge on any atom is -0.496 e. The van der Waals surface area contributed by atoms with Crippen LogP contribution < -0.4 is 24.6 Å². The molecule has 38 heavy (non-hydrogen) atoms. The van der Waals surface area contributed by atoms with Crippen molar-refractivity contribution in [2.75, 3.05) is 27.4 Å². The van der Waals surface area contributed by atoms with E-state index < -0.39 is 23.9 Å². The van der Waals surface area contributed by atoms with E-state index in [4.69, 9.17) is 30.5 Å². The Balaban J connectivity index is 1.85. The number of rotatable bonds is 11. The molecule has 0 amide bonds. The number of aromatic amines is 1. The van der Waals surface area contributed by atoms with Crippen molar-refractivity contribution in [1.29, 1.82) is 0 Å². The summed E-state index contributed by atoms with van der Waals surface area (Å²) in [6.45, 7) is -0.663. The average molecular weight is 549 g/mol. The van der Waals surface area contributed by atoms with Crippen LogP contribution in [-0.4, -0.2) is 63.1 Å². The molecule has 2 aromatic heterocycles. The Morgan fingerprint density at radius 3 is 2.58 bits per heavy atom. The lowest BCUT2D eigenvalue weighted by Crippen LogP contribution is -2.16. The molecular formula is C24H22ClFN4O8. The highest BCUT2D eigenvalue weighted by molar-refractivity contribution is 6.32. The van der Waals surface area contributed by atoms with Gasteiger partial charge in [0.05, 0.1) is 37.1 Å². The first-order chi connectivity index (χ1) is 18.3. The lowest BCUT2D eigenvalue weighted by Gasteiger charge is -2.17. The summed E-state index contributed by atoms with van der Waals surface area (Å²) in [5.41, 5.74) is -0.322. The fraction of sp³-hybridized carbons (Fsp3) is 0.250. The summed E-state index contributed by atoms with van der Waals surface area (Å²) in [5.74, 6) is -1.43. The molecule has 0 unspecified atom stereocenters. The molecule has 0 atom stereocenters. The van der Waals surface area contributed by atoms with E-state index in [1.54, 1.807) is 6.07 Å². The van der Waals surface area contributed by atoms with E-state index in [0.29, 0.717) is 0 Å². The minimum absolute atomic E-state index is 0.00532. The molecule has 0 aliphatic rings. The van der Waals surface area contributed by atoms with Crippen molar-refractivity contribution in [3.63, 3.8) is 0 Å². The highest BCUT2D eigenvalue weighted by atomic mass is 35.5. The zero-order valence-corrected chi connectivity index (χ0v) is 20.9. The maximum atomic E-state index is 14.5. The van der Waals surface area contributed by atoms with Crippen molar-refractivity contribution >= 4 is 28.7 Å². The van der Waals surface area contributed by atoms with Crippen LogP contribution in [0.25, 0.3) is 16.9 Å². The second kappa shape index (κ2) is 11.4. The average Bonchev–Trinajstić information content (AvgIpc) is 3.21. The predicted octanol–water partition coefficient (Wildman–Crippen LogP) is 2.50. The van der Waals surface area contributed by atoms with E-state index in [0.717, 1.165) is 4.57 Å². The summed E-state index contributed by atoms with van der Waals surface area (Å²) in [6, 6.07) is 7.06. The van der Waals surface area contributed by atoms with Gasteiger partial charge in [0.1, 0.15) is 42.5 Å². The molecule has 4 aromatic rings. The Kier molecular flexibility index (Phi) is 7.98. The Bertz CT molecular complexity index is 1550. The first-order valence-corrected chi connectivity index (χ1v) is 11.4. The van der Waals surface area contributed by atoms with Gasteiger partial charge in [0.25, 0.3) is 0 Å². The fourth-order valence-corrected chi connectivity index (χ4v) is 3.92. The van der Waals surface area contributed by atoms with Crippen LogP contribution in [0.2, 0.25) is 5.02 Å². The number of ether oxygens (including phenoxy) is 4. The summed E-state index contributed by atoms with van der Waals surface area (Å²) < 4.78 is 37.4. The van der Waals surface area contributed by atoms with Crippen molar-refractivity contribution in [2.45, 2.75) is 13.0 Å². The van der Waals surface area contributed by atoms with E-state index in [-0.39, 0.29) is 76.2 Å². The van der Waals surface area contributed by atoms with E-state index in [2.05, 4.69) is 15.0 Å². The van der Waals surface area contributed by atoms with Crippen LogP contribution in [0.1, 0.15) is 11.4 Å². The largest absolute Gasteiger partial charge is 0.496 e. The van der Waals surface area contributed by atoms with Crippen molar-refractivity contribution in [3.05, 3.63) is 63.0 Å². The third-order valence-corrected chi connectivity index (χ3v) is 5.63. The SMILES string of the molecule is COc1cccc(F)c1COc1cc(-n2c(=O)[nH]c3c(OC)nc(CC(=O)O)nc32)c(Cl)cc1OCCO. The molecule has 0 radical (unpaired) electrons. The van der Waals surface area contributed by atoms with Gasteiger partial charge in [-0.05, 0) is 12.1 Å². The number of hydrogen-bond donors (Lipinski definition) is 3. The van der Waals surface area contributed by atoms with E-state index in [9.17, 15) is 24.2 Å². The fourth-order valence-electron chi connectivity index (χ4n) is 3.68. The number of aromatic nitrogens is 4. The van der Waals surface area contributed by atoms with E-state index >= 15 is 0 Å². The monoisotopic (exact) mass is 548 g/mol. The van der Waals surface area contributed by atoms with Gasteiger partial charge >= 0.3 is 11.7 Å². The number of halogens is 2. The van der Waals surface area contributed by atoms with Gasteiger partial charge in [-0.2, -0.15) is 4.98 Å². The molecule has 200 valence electrons. The van der Waals surface area contributed by atoms with Crippen molar-refractivity contribution in [2.24, 2.45) is 0 Å². The van der Waals surface area contributed by atoms with Crippen molar-refractivity contribution in [3.8, 4) is 28.8 Å². The second-order valence-corrected chi connectivity index (χ2v) is 8.12. The summed E-state index contributed by atoms with van der Waals surface area (Å²) in [5, 5.41) is 18.4. The number of hydrogen-bond acceptors (Lipinski definition) is 9. The summed E-state index contributed by atoms with van der Waals surface area (Å²) in [4.78, 5) is 35.1. The summed E-state index contributed by atoms with van der Waals surface area (Å²) in [6.07, 6.45) is -0.522. The van der Waals surface area contributed by atoms with E-state index in [1.807, 2.05) is 0 Å². The number of imidazole rings is 1. The van der Waals surface area contributed by atoms with Gasteiger partial charge in [-0.3, -0.25) is 9.78 Å². The van der Waals surface area contributed by atoms with Crippen LogP contribution in [0.4, 0.5) is 4.39 Å². The number of fused-ring (bicyclic) bond motifs is 1. The van der Waals surface area contributed by atoms with Crippen molar-refractivity contribution < 1.29 is 38.3 Å². The number of aliphatic carboxylic acids is 1. The van der Waals surface area contributed by atoms with Crippen LogP contribution in [0, 0.1) is 5.82 Å². The first kappa shape index (κ1) is 26.7. The quantitative estimate of drug-likeness (QED) is 0.254. The van der Waals surface area contributed by atoms with Gasteiger partial charge in [-0.15, -0.1) is 0 Å². The Labute approximate surface area is 219 Å². The van der Waals surface area contributed by atoms with Gasteiger partial charge in [0, 0.05) is 12.1 Å². The Morgan fingerprint density at radius 2 is 1.89 bits per heavy atom. The first-order valence-electron chi connectivity index (χ1n) is 11.1. The van der Waals surface area contributed by atoms with Gasteiger partial charge in [-0.1, -0.05) is 17.7 Å². The molecule has 0 fully saturated rings. The summed E-state index contributed by atoms with van der Waals surface area (Å²) in [7, 11) is 2.71. The normalized spacial score (nSPS) is 11.0. The molecule has 0 spiro atoms. The molecule has 0 bridgehead atoms. The number of aliphatic hydroxyl groups excluding tert-OH is 1. The molecule has 4 rings (SSSR count). The number of carboxylic acids is 1. The number of carboxylic acid groups (broad SMARTS) is 1. The number of nitrogens with one attached hydrogen (secondary N) is 1. The molecule has 2 heterocycles. The maximum Gasteiger partial charge on any atom is 0.332 e. The molecule has 14 heteroatoms. The molecule has 0 saturated carbocycles. The molecule has 12 nitrogen and oxygen atoms in total. The Hall–Kier alpha value is -4.36. The maximum absolute atomic E-state index is 14.5. The molecule has 0 aliphatic carbocycles. The highest BCUT2D eigenvalue weighted by Gasteiger charge is 2.22. The number of benzene rings is 2. The third kappa shape index (κ3) is 5.33. The lowest BCUT2D eigenvalue weighted by molar-refractivity contribution is -0.136. The smallest absolute Gasteiger partial charge is 0.332 e. The van der Waals surface area contributed by atoms with Gasteiger partial charge in [0.2, 0.25) is 5.88 Å². The van der Waals surface area contributed by atoms with Gasteiger partial charge < -0.3 is 29.2 Å². The number of H-pyrrole nitrogens is 1. The highest BCUT2D eigenvalue weighted by Crippen LogP contribution is 2.37. The molecule has 0 saturated heterocycles. The standard InChI is InChI=1S/C24H22ClFN4O8/c1-35-16-5-3-4-14(26)12(16)11-38-18-9-15(13(25)8-17(18)37-7-6-31)30-22-21(29-24(30)34)23(36-2)28-19(27-22)10-20(32)33/h3-5,8-9,31H,6-7,10-11H2,1-2H3,(H,29,34)(H,32,33). The topological polar surface area (TPSA) is 158 Å². The van der Waals surface area contributed by atoms with Gasteiger partial charge in [-0.25, -0.2) is 18.7 Å². The zero-order valence-electron chi connectivity index (χ0n) is 20.2. The van der Waals surface area contributed by atoms with Crippen molar-refractivity contribution in [1.82, 2.24) is 19.5 Å². The summed E-state index contributed by atoms with van der Waals surface area (Å²) >= 11 is 6.51. The molecular weight excluding hydrogens is 527 g/mol. The molecule has 2 aromatic carbocycles. The Morgan fingerprint density at radius 1 is 1.13 bits per heavy atom. The molecule has 0 aliphatic heterocycles. The number of aliphatic hydroxyl groups is 1. The van der Waals surface area contributed by atoms with Crippen LogP contribution in [-0.2, 0) is 17.8 Å². The molecule has 3 N–H and O–H groups in total. The lowest BCUT2D eigenvalue weighted by atomic mass is 10.2. The van der Waals surface area contributed by atoms with Gasteiger partial charge in [0.15, 0.2) is 17.1 Å². The number of methoxy groups -OCH3 is 2. The predicted molar refractivity (Wildman–Crippen MR) is 132 cm³/mol. The number of carbonyl (C=O) groups is 1.